The van der Waals surface area contributed by atoms with Crippen molar-refractivity contribution in [2.24, 2.45) is 17.8 Å². The summed E-state index contributed by atoms with van der Waals surface area (Å²) in [6.45, 7) is 12.8. The molecule has 0 atom stereocenters. The van der Waals surface area contributed by atoms with Crippen molar-refractivity contribution in [2.45, 2.75) is 39.5 Å². The van der Waals surface area contributed by atoms with Gasteiger partial charge in [-0.2, -0.15) is 0 Å². The Kier molecular flexibility index (Phi) is 6.79. The fraction of sp³-hybridized carbons (Fsp3) is 1.00. The molecule has 3 nitrogen and oxygen atoms in total. The normalized spacial score (nSPS) is 24.6. The van der Waals surface area contributed by atoms with Crippen LogP contribution in [0.1, 0.15) is 39.5 Å². The second kappa shape index (κ2) is 8.35. The van der Waals surface area contributed by atoms with Gasteiger partial charge in [0, 0.05) is 13.2 Å². The summed E-state index contributed by atoms with van der Waals surface area (Å²) in [7, 11) is 2.22. The van der Waals surface area contributed by atoms with Crippen LogP contribution in [0.5, 0.6) is 0 Å². The monoisotopic (exact) mass is 282 g/mol. The van der Waals surface area contributed by atoms with Gasteiger partial charge in [0.15, 0.2) is 0 Å². The number of ether oxygens (including phenoxy) is 1. The largest absolute Gasteiger partial charge is 0.380 e. The molecule has 20 heavy (non-hydrogen) atoms. The van der Waals surface area contributed by atoms with Crippen molar-refractivity contribution in [1.29, 1.82) is 0 Å². The van der Waals surface area contributed by atoms with E-state index in [4.69, 9.17) is 4.74 Å². The lowest BCUT2D eigenvalue weighted by Crippen LogP contribution is -2.37. The number of hydrogen-bond donors (Lipinski definition) is 0. The Hall–Kier alpha value is -0.120. The Balaban J connectivity index is 1.49. The van der Waals surface area contributed by atoms with Crippen molar-refractivity contribution in [2.75, 3.05) is 53.0 Å². The third-order valence-electron chi connectivity index (χ3n) is 5.32. The molecule has 0 bridgehead atoms. The van der Waals surface area contributed by atoms with Crippen LogP contribution >= 0.6 is 0 Å². The van der Waals surface area contributed by atoms with Crippen molar-refractivity contribution in [3.63, 3.8) is 0 Å². The van der Waals surface area contributed by atoms with Crippen molar-refractivity contribution < 1.29 is 4.74 Å². The minimum atomic E-state index is 0.804. The predicted octanol–water partition coefficient (Wildman–Crippen LogP) is 2.71. The van der Waals surface area contributed by atoms with Crippen LogP contribution < -0.4 is 0 Å². The second-order valence-corrected chi connectivity index (χ2v) is 7.24. The zero-order valence-electron chi connectivity index (χ0n) is 13.8. The molecule has 0 N–H and O–H groups in total. The van der Waals surface area contributed by atoms with Gasteiger partial charge in [-0.3, -0.25) is 0 Å². The van der Waals surface area contributed by atoms with Gasteiger partial charge in [0.05, 0.1) is 6.61 Å². The summed E-state index contributed by atoms with van der Waals surface area (Å²) in [6, 6.07) is 0. The second-order valence-electron chi connectivity index (χ2n) is 7.24. The van der Waals surface area contributed by atoms with E-state index in [9.17, 15) is 0 Å². The van der Waals surface area contributed by atoms with Gasteiger partial charge in [-0.25, -0.2) is 0 Å². The number of piperidine rings is 2. The molecule has 2 heterocycles. The van der Waals surface area contributed by atoms with Gasteiger partial charge in [0.25, 0.3) is 0 Å². The molecule has 0 saturated carbocycles. The maximum absolute atomic E-state index is 5.93. The average molecular weight is 282 g/mol. The molecule has 0 aromatic heterocycles. The Morgan fingerprint density at radius 1 is 1.00 bits per heavy atom. The third-order valence-corrected chi connectivity index (χ3v) is 5.32. The molecule has 2 saturated heterocycles. The first-order chi connectivity index (χ1) is 9.65. The highest BCUT2D eigenvalue weighted by atomic mass is 16.5. The lowest BCUT2D eigenvalue weighted by atomic mass is 9.87. The molecule has 3 heteroatoms. The molecule has 0 radical (unpaired) electrons. The molecule has 0 aromatic rings. The molecule has 0 aromatic carbocycles. The molecule has 2 fully saturated rings. The summed E-state index contributed by atoms with van der Waals surface area (Å²) >= 11 is 0. The molecule has 2 aliphatic heterocycles. The van der Waals surface area contributed by atoms with Gasteiger partial charge >= 0.3 is 0 Å². The average Bonchev–Trinajstić information content (AvgIpc) is 2.46. The van der Waals surface area contributed by atoms with Crippen molar-refractivity contribution in [3.8, 4) is 0 Å². The van der Waals surface area contributed by atoms with Crippen LogP contribution in [0.15, 0.2) is 0 Å². The van der Waals surface area contributed by atoms with E-state index in [2.05, 4.69) is 30.7 Å². The molecular formula is C17H34N2O. The van der Waals surface area contributed by atoms with Crippen molar-refractivity contribution in [1.82, 2.24) is 9.80 Å². The van der Waals surface area contributed by atoms with Crippen LogP contribution in [0.25, 0.3) is 0 Å². The fourth-order valence-corrected chi connectivity index (χ4v) is 3.52. The summed E-state index contributed by atoms with van der Waals surface area (Å²) in [4.78, 5) is 5.02. The highest BCUT2D eigenvalue weighted by Crippen LogP contribution is 2.24. The number of hydrogen-bond acceptors (Lipinski definition) is 3. The minimum Gasteiger partial charge on any atom is -0.380 e. The molecule has 2 rings (SSSR count). The standard InChI is InChI=1S/C17H34N2O/c1-15(2)17-6-10-19(11-7-17)12-13-20-14-16-4-8-18(3)9-5-16/h15-17H,4-14H2,1-3H3. The SMILES string of the molecule is CC(C)C1CCN(CCOCC2CCN(C)CC2)CC1. The summed E-state index contributed by atoms with van der Waals surface area (Å²) in [5, 5.41) is 0. The Bertz CT molecular complexity index is 254. The lowest BCUT2D eigenvalue weighted by molar-refractivity contribution is 0.0485. The van der Waals surface area contributed by atoms with Crippen molar-refractivity contribution in [3.05, 3.63) is 0 Å². The van der Waals surface area contributed by atoms with E-state index >= 15 is 0 Å². The van der Waals surface area contributed by atoms with Crippen LogP contribution in [-0.4, -0.2) is 62.8 Å². The van der Waals surface area contributed by atoms with Crippen LogP contribution in [0.2, 0.25) is 0 Å². The van der Waals surface area contributed by atoms with E-state index in [-0.39, 0.29) is 0 Å². The van der Waals surface area contributed by atoms with E-state index < -0.39 is 0 Å². The predicted molar refractivity (Wildman–Crippen MR) is 85.0 cm³/mol. The Morgan fingerprint density at radius 2 is 1.65 bits per heavy atom. The lowest BCUT2D eigenvalue weighted by Gasteiger charge is -2.34. The minimum absolute atomic E-state index is 0.804. The van der Waals surface area contributed by atoms with Crippen LogP contribution in [-0.2, 0) is 4.74 Å². The quantitative estimate of drug-likeness (QED) is 0.697. The molecule has 0 spiro atoms. The smallest absolute Gasteiger partial charge is 0.0593 e. The molecular weight excluding hydrogens is 248 g/mol. The van der Waals surface area contributed by atoms with E-state index in [0.717, 1.165) is 37.5 Å². The Labute approximate surface area is 125 Å². The van der Waals surface area contributed by atoms with E-state index in [1.165, 1.54) is 51.9 Å². The van der Waals surface area contributed by atoms with Crippen molar-refractivity contribution >= 4 is 0 Å². The van der Waals surface area contributed by atoms with Gasteiger partial charge in [-0.05, 0) is 76.7 Å². The maximum atomic E-state index is 5.93. The van der Waals surface area contributed by atoms with E-state index in [0.29, 0.717) is 0 Å². The fourth-order valence-electron chi connectivity index (χ4n) is 3.52. The number of rotatable bonds is 6. The number of likely N-dealkylation sites (tertiary alicyclic amines) is 2. The highest BCUT2D eigenvalue weighted by Gasteiger charge is 2.21. The van der Waals surface area contributed by atoms with E-state index in [1.54, 1.807) is 0 Å². The van der Waals surface area contributed by atoms with Gasteiger partial charge in [0.2, 0.25) is 0 Å². The molecule has 118 valence electrons. The zero-order chi connectivity index (χ0) is 14.4. The summed E-state index contributed by atoms with van der Waals surface area (Å²) in [6.07, 6.45) is 5.39. The van der Waals surface area contributed by atoms with Gasteiger partial charge in [0.1, 0.15) is 0 Å². The topological polar surface area (TPSA) is 15.7 Å². The van der Waals surface area contributed by atoms with Gasteiger partial charge in [-0.15, -0.1) is 0 Å². The summed E-state index contributed by atoms with van der Waals surface area (Å²) in [5.74, 6) is 2.61. The first-order valence-electron chi connectivity index (χ1n) is 8.63. The number of nitrogens with zero attached hydrogens (tertiary/aromatic N) is 2. The maximum Gasteiger partial charge on any atom is 0.0593 e. The zero-order valence-corrected chi connectivity index (χ0v) is 13.8. The van der Waals surface area contributed by atoms with Crippen LogP contribution in [0.3, 0.4) is 0 Å². The highest BCUT2D eigenvalue weighted by molar-refractivity contribution is 4.74. The van der Waals surface area contributed by atoms with Crippen LogP contribution in [0, 0.1) is 17.8 Å². The first kappa shape index (κ1) is 16.3. The van der Waals surface area contributed by atoms with E-state index in [1.807, 2.05) is 0 Å². The first-order valence-corrected chi connectivity index (χ1v) is 8.63. The molecule has 0 aliphatic carbocycles. The third kappa shape index (κ3) is 5.34. The Morgan fingerprint density at radius 3 is 2.25 bits per heavy atom. The molecule has 0 unspecified atom stereocenters. The van der Waals surface area contributed by atoms with Gasteiger partial charge in [-0.1, -0.05) is 13.8 Å². The van der Waals surface area contributed by atoms with Crippen LogP contribution in [0.4, 0.5) is 0 Å². The summed E-state index contributed by atoms with van der Waals surface area (Å²) in [5.41, 5.74) is 0. The molecule has 2 aliphatic rings. The molecule has 0 amide bonds. The van der Waals surface area contributed by atoms with Gasteiger partial charge < -0.3 is 14.5 Å². The summed E-state index contributed by atoms with van der Waals surface area (Å²) < 4.78 is 5.93.